The molecule has 6 nitrogen and oxygen atoms in total. The van der Waals surface area contributed by atoms with Crippen LogP contribution in [0, 0.1) is 0 Å². The normalized spacial score (nSPS) is 11.4. The first kappa shape index (κ1) is 19.8. The second-order valence-corrected chi connectivity index (χ2v) is 8.61. The Morgan fingerprint density at radius 2 is 1.75 bits per heavy atom. The van der Waals surface area contributed by atoms with E-state index in [4.69, 9.17) is 0 Å². The summed E-state index contributed by atoms with van der Waals surface area (Å²) in [5.41, 5.74) is 2.49. The van der Waals surface area contributed by atoms with Gasteiger partial charge in [-0.1, -0.05) is 44.2 Å². The summed E-state index contributed by atoms with van der Waals surface area (Å²) in [4.78, 5) is 10.9. The van der Waals surface area contributed by atoms with Gasteiger partial charge in [0.15, 0.2) is 0 Å². The third-order valence-corrected chi connectivity index (χ3v) is 5.71. The van der Waals surface area contributed by atoms with Crippen molar-refractivity contribution in [3.05, 3.63) is 78.2 Å². The highest BCUT2D eigenvalue weighted by atomic mass is 32.2. The van der Waals surface area contributed by atoms with Crippen molar-refractivity contribution in [3.8, 4) is 0 Å². The van der Waals surface area contributed by atoms with Gasteiger partial charge in [0.05, 0.1) is 4.90 Å². The zero-order chi connectivity index (χ0) is 20.1. The van der Waals surface area contributed by atoms with Crippen LogP contribution in [-0.4, -0.2) is 25.4 Å². The molecule has 0 spiro atoms. The van der Waals surface area contributed by atoms with E-state index in [2.05, 4.69) is 28.5 Å². The van der Waals surface area contributed by atoms with E-state index >= 15 is 0 Å². The topological polar surface area (TPSA) is 75.2 Å². The number of hydrogen-bond acceptors (Lipinski definition) is 5. The van der Waals surface area contributed by atoms with Crippen LogP contribution in [0.5, 0.6) is 0 Å². The Morgan fingerprint density at radius 1 is 1.00 bits per heavy atom. The van der Waals surface area contributed by atoms with E-state index in [9.17, 15) is 8.42 Å². The smallest absolute Gasteiger partial charge is 0.261 e. The molecule has 0 aliphatic rings. The number of nitrogens with one attached hydrogen (secondary N) is 1. The molecule has 0 atom stereocenters. The molecule has 2 aromatic carbocycles. The Morgan fingerprint density at radius 3 is 2.46 bits per heavy atom. The molecule has 28 heavy (non-hydrogen) atoms. The number of rotatable bonds is 7. The van der Waals surface area contributed by atoms with Gasteiger partial charge in [0.25, 0.3) is 10.0 Å². The van der Waals surface area contributed by atoms with Gasteiger partial charge in [-0.3, -0.25) is 4.72 Å². The van der Waals surface area contributed by atoms with Gasteiger partial charge in [-0.2, -0.15) is 0 Å². The predicted octanol–water partition coefficient (Wildman–Crippen LogP) is 4.04. The fourth-order valence-corrected chi connectivity index (χ4v) is 3.86. The van der Waals surface area contributed by atoms with E-state index in [-0.39, 0.29) is 4.90 Å². The molecule has 0 unspecified atom stereocenters. The second kappa shape index (κ2) is 8.39. The van der Waals surface area contributed by atoms with Crippen molar-refractivity contribution >= 4 is 21.5 Å². The van der Waals surface area contributed by atoms with Crippen LogP contribution in [0.2, 0.25) is 0 Å². The highest BCUT2D eigenvalue weighted by Crippen LogP contribution is 2.20. The lowest BCUT2D eigenvalue weighted by atomic mass is 10.1. The van der Waals surface area contributed by atoms with Crippen molar-refractivity contribution in [1.82, 2.24) is 9.97 Å². The molecule has 3 rings (SSSR count). The Hall–Kier alpha value is -2.93. The van der Waals surface area contributed by atoms with Crippen LogP contribution in [0.25, 0.3) is 0 Å². The van der Waals surface area contributed by atoms with Crippen molar-refractivity contribution in [2.45, 2.75) is 31.2 Å². The molecule has 3 aromatic rings. The fraction of sp³-hybridized carbons (Fsp3) is 0.238. The highest BCUT2D eigenvalue weighted by Gasteiger charge is 2.14. The molecule has 0 saturated heterocycles. The molecule has 0 fully saturated rings. The van der Waals surface area contributed by atoms with Crippen LogP contribution in [0.1, 0.15) is 31.0 Å². The number of aromatic nitrogens is 2. The summed E-state index contributed by atoms with van der Waals surface area (Å²) in [6, 6.07) is 17.7. The maximum Gasteiger partial charge on any atom is 0.261 e. The van der Waals surface area contributed by atoms with Crippen molar-refractivity contribution in [1.29, 1.82) is 0 Å². The van der Waals surface area contributed by atoms with E-state index in [1.165, 1.54) is 0 Å². The van der Waals surface area contributed by atoms with E-state index in [1.54, 1.807) is 42.7 Å². The largest absolute Gasteiger partial charge is 0.355 e. The van der Waals surface area contributed by atoms with Gasteiger partial charge in [-0.05, 0) is 35.7 Å². The van der Waals surface area contributed by atoms with Crippen LogP contribution in [-0.2, 0) is 16.6 Å². The number of anilines is 2. The molecule has 0 amide bonds. The standard InChI is InChI=1S/C21H24N4O2S/c1-16(2)20-13-21(23-15-22-20)25(3)14-17-8-7-9-18(12-17)24-28(26,27)19-10-5-4-6-11-19/h4-13,15-16,24H,14H2,1-3H3. The molecule has 0 aliphatic carbocycles. The second-order valence-electron chi connectivity index (χ2n) is 6.93. The van der Waals surface area contributed by atoms with E-state index < -0.39 is 10.0 Å². The van der Waals surface area contributed by atoms with Gasteiger partial charge >= 0.3 is 0 Å². The molecule has 146 valence electrons. The SMILES string of the molecule is CC(C)c1cc(N(C)Cc2cccc(NS(=O)(=O)c3ccccc3)c2)ncn1. The first-order valence-corrected chi connectivity index (χ1v) is 10.5. The maximum atomic E-state index is 12.5. The monoisotopic (exact) mass is 396 g/mol. The summed E-state index contributed by atoms with van der Waals surface area (Å²) < 4.78 is 27.7. The average Bonchev–Trinajstić information content (AvgIpc) is 2.68. The van der Waals surface area contributed by atoms with Gasteiger partial charge in [0.1, 0.15) is 12.1 Å². The molecule has 1 N–H and O–H groups in total. The first-order valence-electron chi connectivity index (χ1n) is 9.05. The molecule has 0 saturated carbocycles. The van der Waals surface area contributed by atoms with E-state index in [0.29, 0.717) is 18.2 Å². The molecular formula is C21H24N4O2S. The molecule has 0 radical (unpaired) electrons. The number of sulfonamides is 1. The zero-order valence-corrected chi connectivity index (χ0v) is 17.0. The number of nitrogens with zero attached hydrogens (tertiary/aromatic N) is 3. The predicted molar refractivity (Wildman–Crippen MR) is 112 cm³/mol. The number of hydrogen-bond donors (Lipinski definition) is 1. The van der Waals surface area contributed by atoms with Crippen LogP contribution in [0.15, 0.2) is 71.9 Å². The number of benzene rings is 2. The van der Waals surface area contributed by atoms with Gasteiger partial charge in [0, 0.05) is 31.0 Å². The van der Waals surface area contributed by atoms with Crippen molar-refractivity contribution in [2.75, 3.05) is 16.7 Å². The van der Waals surface area contributed by atoms with Crippen LogP contribution in [0.3, 0.4) is 0 Å². The maximum absolute atomic E-state index is 12.5. The Balaban J connectivity index is 1.76. The summed E-state index contributed by atoms with van der Waals surface area (Å²) >= 11 is 0. The van der Waals surface area contributed by atoms with E-state index in [1.807, 2.05) is 36.2 Å². The highest BCUT2D eigenvalue weighted by molar-refractivity contribution is 7.92. The lowest BCUT2D eigenvalue weighted by Gasteiger charge is -2.19. The summed E-state index contributed by atoms with van der Waals surface area (Å²) in [6.07, 6.45) is 1.57. The zero-order valence-electron chi connectivity index (χ0n) is 16.2. The van der Waals surface area contributed by atoms with Crippen LogP contribution in [0.4, 0.5) is 11.5 Å². The van der Waals surface area contributed by atoms with Crippen molar-refractivity contribution < 1.29 is 8.42 Å². The van der Waals surface area contributed by atoms with E-state index in [0.717, 1.165) is 17.1 Å². The molecule has 0 bridgehead atoms. The fourth-order valence-electron chi connectivity index (χ4n) is 2.79. The lowest BCUT2D eigenvalue weighted by Crippen LogP contribution is -2.18. The minimum atomic E-state index is -3.61. The summed E-state index contributed by atoms with van der Waals surface area (Å²) in [5, 5.41) is 0. The Labute approximate surface area is 166 Å². The molecule has 1 heterocycles. The van der Waals surface area contributed by atoms with Gasteiger partial charge < -0.3 is 4.90 Å². The summed E-state index contributed by atoms with van der Waals surface area (Å²) in [6.45, 7) is 4.78. The van der Waals surface area contributed by atoms with Gasteiger partial charge in [-0.15, -0.1) is 0 Å². The molecule has 1 aromatic heterocycles. The lowest BCUT2D eigenvalue weighted by molar-refractivity contribution is 0.601. The Bertz CT molecular complexity index is 1040. The summed E-state index contributed by atoms with van der Waals surface area (Å²) in [7, 11) is -1.66. The van der Waals surface area contributed by atoms with Crippen molar-refractivity contribution in [2.24, 2.45) is 0 Å². The third-order valence-electron chi connectivity index (χ3n) is 4.31. The third kappa shape index (κ3) is 4.86. The van der Waals surface area contributed by atoms with Gasteiger partial charge in [-0.25, -0.2) is 18.4 Å². The first-order chi connectivity index (χ1) is 13.3. The minimum absolute atomic E-state index is 0.236. The quantitative estimate of drug-likeness (QED) is 0.652. The molecule has 0 aliphatic heterocycles. The Kier molecular flexibility index (Phi) is 5.94. The average molecular weight is 397 g/mol. The minimum Gasteiger partial charge on any atom is -0.355 e. The molecular weight excluding hydrogens is 372 g/mol. The van der Waals surface area contributed by atoms with Crippen LogP contribution < -0.4 is 9.62 Å². The summed E-state index contributed by atoms with van der Waals surface area (Å²) in [5.74, 6) is 1.15. The van der Waals surface area contributed by atoms with Gasteiger partial charge in [0.2, 0.25) is 0 Å². The van der Waals surface area contributed by atoms with Crippen LogP contribution >= 0.6 is 0 Å². The van der Waals surface area contributed by atoms with Crippen molar-refractivity contribution in [3.63, 3.8) is 0 Å². The molecule has 7 heteroatoms.